The van der Waals surface area contributed by atoms with E-state index in [4.69, 9.17) is 10.2 Å². The minimum Gasteiger partial charge on any atom is -0.371 e. The van der Waals surface area contributed by atoms with Gasteiger partial charge in [0.1, 0.15) is 13.6 Å². The van der Waals surface area contributed by atoms with E-state index in [2.05, 4.69) is 71.9 Å². The molecule has 1 aliphatic carbocycles. The van der Waals surface area contributed by atoms with Crippen molar-refractivity contribution in [3.63, 3.8) is 0 Å². The largest absolute Gasteiger partial charge is 0.371 e. The number of hydrogen-bond acceptors (Lipinski definition) is 4. The van der Waals surface area contributed by atoms with Gasteiger partial charge in [-0.05, 0) is 22.3 Å². The molecule has 0 aliphatic heterocycles. The van der Waals surface area contributed by atoms with Crippen molar-refractivity contribution in [2.24, 2.45) is 0 Å². The maximum absolute atomic E-state index is 7.65. The summed E-state index contributed by atoms with van der Waals surface area (Å²) < 4.78 is 8.19. The fourth-order valence-corrected chi connectivity index (χ4v) is 2.67. The molecule has 0 spiro atoms. The van der Waals surface area contributed by atoms with Gasteiger partial charge in [0.15, 0.2) is 0 Å². The number of aliphatic hydroxyl groups excluding tert-OH is 2. The van der Waals surface area contributed by atoms with Crippen LogP contribution in [0.25, 0.3) is 11.1 Å². The number of hydrogen-bond donors (Lipinski definition) is 2. The van der Waals surface area contributed by atoms with Crippen molar-refractivity contribution in [3.05, 3.63) is 59.7 Å². The van der Waals surface area contributed by atoms with Crippen LogP contribution in [0.1, 0.15) is 95.2 Å². The lowest BCUT2D eigenvalue weighted by molar-refractivity contribution is 0.0322. The van der Waals surface area contributed by atoms with Crippen LogP contribution in [0, 0.1) is 0 Å². The van der Waals surface area contributed by atoms with E-state index in [1.165, 1.54) is 36.5 Å². The summed E-state index contributed by atoms with van der Waals surface area (Å²) in [4.78, 5) is 0. The Morgan fingerprint density at radius 3 is 1.00 bits per heavy atom. The van der Waals surface area contributed by atoms with E-state index < -0.39 is 0 Å². The van der Waals surface area contributed by atoms with Crippen LogP contribution in [0.3, 0.4) is 0 Å². The molecule has 4 nitrogen and oxygen atoms in total. The summed E-state index contributed by atoms with van der Waals surface area (Å²) >= 11 is 0. The molecule has 3 rings (SSSR count). The Hall–Kier alpha value is -1.72. The zero-order valence-corrected chi connectivity index (χ0v) is 22.2. The minimum atomic E-state index is -0.181. The van der Waals surface area contributed by atoms with E-state index in [0.717, 1.165) is 0 Å². The number of fused-ring (bicyclic) bond motifs is 3. The van der Waals surface area contributed by atoms with Crippen molar-refractivity contribution in [2.75, 3.05) is 27.8 Å². The Balaban J connectivity index is -0.0000000864. The van der Waals surface area contributed by atoms with E-state index in [1.807, 2.05) is 55.4 Å². The Morgan fingerprint density at radius 1 is 0.576 bits per heavy atom. The van der Waals surface area contributed by atoms with Gasteiger partial charge in [-0.3, -0.25) is 0 Å². The molecule has 4 heteroatoms. The number of benzene rings is 2. The molecule has 1 aliphatic rings. The SMILES string of the molecule is C.C.CC.CC.CC.CC.CC1(C)c2ccccc2-c2ccccc21.COCO.COCO. The van der Waals surface area contributed by atoms with Gasteiger partial charge in [0, 0.05) is 19.6 Å². The summed E-state index contributed by atoms with van der Waals surface area (Å²) in [5.41, 5.74) is 5.86. The molecular formula is C29H58O4. The summed E-state index contributed by atoms with van der Waals surface area (Å²) in [5.74, 6) is 0. The second kappa shape index (κ2) is 32.5. The number of rotatable bonds is 2. The highest BCUT2D eigenvalue weighted by molar-refractivity contribution is 5.80. The molecule has 0 saturated carbocycles. The van der Waals surface area contributed by atoms with E-state index in [9.17, 15) is 0 Å². The number of methoxy groups -OCH3 is 2. The first-order chi connectivity index (χ1) is 15.0. The van der Waals surface area contributed by atoms with Crippen LogP contribution < -0.4 is 0 Å². The van der Waals surface area contributed by atoms with Crippen LogP contribution >= 0.6 is 0 Å². The molecule has 2 aromatic rings. The Morgan fingerprint density at radius 2 is 0.788 bits per heavy atom. The van der Waals surface area contributed by atoms with Gasteiger partial charge in [-0.2, -0.15) is 0 Å². The van der Waals surface area contributed by atoms with Crippen molar-refractivity contribution in [2.45, 2.75) is 89.5 Å². The third-order valence-corrected chi connectivity index (χ3v) is 3.75. The second-order valence-electron chi connectivity index (χ2n) is 5.55. The summed E-state index contributed by atoms with van der Waals surface area (Å²) in [6.07, 6.45) is 0. The predicted molar refractivity (Wildman–Crippen MR) is 151 cm³/mol. The van der Waals surface area contributed by atoms with Crippen molar-refractivity contribution in [1.82, 2.24) is 0 Å². The molecular weight excluding hydrogens is 412 g/mol. The highest BCUT2D eigenvalue weighted by Crippen LogP contribution is 2.47. The summed E-state index contributed by atoms with van der Waals surface area (Å²) in [6, 6.07) is 17.4. The van der Waals surface area contributed by atoms with Gasteiger partial charge in [-0.15, -0.1) is 0 Å². The van der Waals surface area contributed by atoms with Crippen LogP contribution in [0.4, 0.5) is 0 Å². The summed E-state index contributed by atoms with van der Waals surface area (Å²) in [7, 11) is 2.86. The predicted octanol–water partition coefficient (Wildman–Crippen LogP) is 8.54. The lowest BCUT2D eigenvalue weighted by Crippen LogP contribution is -2.14. The second-order valence-corrected chi connectivity index (χ2v) is 5.55. The number of aliphatic hydroxyl groups is 2. The zero-order valence-electron chi connectivity index (χ0n) is 22.2. The molecule has 198 valence electrons. The molecule has 0 unspecified atom stereocenters. The standard InChI is InChI=1S/C15H14.2C2H6O2.4C2H6.2CH4/c1-15(2)13-9-5-3-7-11(13)12-8-4-6-10-14(12)15;2*1-4-2-3;4*1-2;;/h3-10H,1-2H3;2*3H,2H2,1H3;4*1-2H3;2*1H4. The molecule has 33 heavy (non-hydrogen) atoms. The lowest BCUT2D eigenvalue weighted by Gasteiger charge is -2.20. The van der Waals surface area contributed by atoms with E-state index >= 15 is 0 Å². The number of ether oxygens (including phenoxy) is 2. The van der Waals surface area contributed by atoms with E-state index in [-0.39, 0.29) is 33.9 Å². The highest BCUT2D eigenvalue weighted by atomic mass is 16.6. The van der Waals surface area contributed by atoms with Gasteiger partial charge in [-0.1, -0.05) is 133 Å². The first-order valence-corrected chi connectivity index (χ1v) is 11.4. The normalized spacial score (nSPS) is 9.76. The molecule has 0 aromatic heterocycles. The van der Waals surface area contributed by atoms with Crippen molar-refractivity contribution in [3.8, 4) is 11.1 Å². The van der Waals surface area contributed by atoms with Crippen molar-refractivity contribution < 1.29 is 19.7 Å². The maximum Gasteiger partial charge on any atom is 0.143 e. The third-order valence-electron chi connectivity index (χ3n) is 3.75. The van der Waals surface area contributed by atoms with Gasteiger partial charge in [0.25, 0.3) is 0 Å². The summed E-state index contributed by atoms with van der Waals surface area (Å²) in [5, 5.41) is 15.3. The smallest absolute Gasteiger partial charge is 0.143 e. The van der Waals surface area contributed by atoms with E-state index in [0.29, 0.717) is 0 Å². The van der Waals surface area contributed by atoms with Crippen LogP contribution in [0.15, 0.2) is 48.5 Å². The lowest BCUT2D eigenvalue weighted by atomic mass is 9.82. The quantitative estimate of drug-likeness (QED) is 0.432. The Kier molecular flexibility index (Phi) is 44.1. The average Bonchev–Trinajstić information content (AvgIpc) is 3.12. The molecule has 0 heterocycles. The Labute approximate surface area is 208 Å². The molecule has 0 saturated heterocycles. The maximum atomic E-state index is 7.65. The fraction of sp³-hybridized carbons (Fsp3) is 0.586. The first kappa shape index (κ1) is 44.9. The van der Waals surface area contributed by atoms with Crippen molar-refractivity contribution in [1.29, 1.82) is 0 Å². The molecule has 2 aromatic carbocycles. The molecule has 0 bridgehead atoms. The topological polar surface area (TPSA) is 58.9 Å². The Bertz CT molecular complexity index is 540. The van der Waals surface area contributed by atoms with Crippen LogP contribution in [0.5, 0.6) is 0 Å². The van der Waals surface area contributed by atoms with Gasteiger partial charge in [0.2, 0.25) is 0 Å². The molecule has 0 fully saturated rings. The molecule has 0 atom stereocenters. The minimum absolute atomic E-state index is 0. The average molecular weight is 471 g/mol. The molecule has 2 N–H and O–H groups in total. The van der Waals surface area contributed by atoms with Crippen LogP contribution in [-0.4, -0.2) is 38.0 Å². The van der Waals surface area contributed by atoms with Gasteiger partial charge >= 0.3 is 0 Å². The van der Waals surface area contributed by atoms with Gasteiger partial charge < -0.3 is 19.7 Å². The van der Waals surface area contributed by atoms with Gasteiger partial charge in [0.05, 0.1) is 0 Å². The highest BCUT2D eigenvalue weighted by Gasteiger charge is 2.34. The van der Waals surface area contributed by atoms with Crippen LogP contribution in [-0.2, 0) is 14.9 Å². The zero-order chi connectivity index (χ0) is 25.3. The van der Waals surface area contributed by atoms with Crippen LogP contribution in [0.2, 0.25) is 0 Å². The monoisotopic (exact) mass is 470 g/mol. The molecule has 0 radical (unpaired) electrons. The summed E-state index contributed by atoms with van der Waals surface area (Å²) in [6.45, 7) is 20.2. The molecule has 0 amide bonds. The fourth-order valence-electron chi connectivity index (χ4n) is 2.67. The first-order valence-electron chi connectivity index (χ1n) is 11.4. The van der Waals surface area contributed by atoms with Crippen molar-refractivity contribution >= 4 is 0 Å². The van der Waals surface area contributed by atoms with E-state index in [1.54, 1.807) is 0 Å². The van der Waals surface area contributed by atoms with Gasteiger partial charge in [-0.25, -0.2) is 0 Å². The third kappa shape index (κ3) is 16.5.